The molecular weight excluding hydrogens is 296 g/mol. The lowest BCUT2D eigenvalue weighted by Gasteiger charge is -2.32. The lowest BCUT2D eigenvalue weighted by atomic mass is 9.72. The van der Waals surface area contributed by atoms with E-state index in [0.29, 0.717) is 6.61 Å². The van der Waals surface area contributed by atoms with Crippen LogP contribution in [-0.4, -0.2) is 12.6 Å². The molecule has 0 atom stereocenters. The maximum absolute atomic E-state index is 11.4. The number of esters is 1. The van der Waals surface area contributed by atoms with Gasteiger partial charge < -0.3 is 4.74 Å². The van der Waals surface area contributed by atoms with E-state index in [1.807, 2.05) is 19.1 Å². The highest BCUT2D eigenvalue weighted by Gasteiger charge is 2.26. The standard InChI is InChI=1S/C22H32O2/c1-7-24-21(23)16-18(3)11-8-10-17(2)13-14-20-19(4)12-9-15-22(20,5)6/h8,10-11,13-14,16H,7,9,12,15H2,1-6H3/b11-8-,14-13+,17-10+,18-16-. The van der Waals surface area contributed by atoms with E-state index in [1.165, 1.54) is 42.1 Å². The summed E-state index contributed by atoms with van der Waals surface area (Å²) in [5, 5.41) is 0. The van der Waals surface area contributed by atoms with E-state index in [0.717, 1.165) is 5.57 Å². The molecule has 1 aliphatic rings. The smallest absolute Gasteiger partial charge is 0.330 e. The van der Waals surface area contributed by atoms with Crippen LogP contribution in [0.25, 0.3) is 0 Å². The van der Waals surface area contributed by atoms with Crippen molar-refractivity contribution in [1.82, 2.24) is 0 Å². The van der Waals surface area contributed by atoms with Crippen molar-refractivity contribution >= 4 is 5.97 Å². The van der Waals surface area contributed by atoms with Crippen molar-refractivity contribution in [2.45, 2.75) is 60.8 Å². The number of carbonyl (C=O) groups excluding carboxylic acids is 1. The summed E-state index contributed by atoms with van der Waals surface area (Å²) < 4.78 is 4.89. The van der Waals surface area contributed by atoms with Gasteiger partial charge in [-0.3, -0.25) is 0 Å². The molecule has 24 heavy (non-hydrogen) atoms. The molecule has 0 unspecified atom stereocenters. The fourth-order valence-corrected chi connectivity index (χ4v) is 3.05. The summed E-state index contributed by atoms with van der Waals surface area (Å²) in [6.07, 6.45) is 15.7. The van der Waals surface area contributed by atoms with Crippen molar-refractivity contribution in [2.24, 2.45) is 5.41 Å². The van der Waals surface area contributed by atoms with Crippen LogP contribution in [0.5, 0.6) is 0 Å². The van der Waals surface area contributed by atoms with E-state index >= 15 is 0 Å². The van der Waals surface area contributed by atoms with E-state index in [-0.39, 0.29) is 11.4 Å². The predicted molar refractivity (Wildman–Crippen MR) is 103 cm³/mol. The van der Waals surface area contributed by atoms with Crippen LogP contribution in [0.3, 0.4) is 0 Å². The van der Waals surface area contributed by atoms with Crippen molar-refractivity contribution in [3.05, 3.63) is 58.7 Å². The molecule has 0 N–H and O–H groups in total. The molecule has 0 fully saturated rings. The van der Waals surface area contributed by atoms with Gasteiger partial charge in [-0.05, 0) is 63.5 Å². The molecule has 0 spiro atoms. The average molecular weight is 328 g/mol. The highest BCUT2D eigenvalue weighted by Crippen LogP contribution is 2.40. The minimum atomic E-state index is -0.290. The van der Waals surface area contributed by atoms with Gasteiger partial charge in [0, 0.05) is 6.08 Å². The number of rotatable bonds is 6. The average Bonchev–Trinajstić information content (AvgIpc) is 2.46. The van der Waals surface area contributed by atoms with Crippen LogP contribution in [0.4, 0.5) is 0 Å². The van der Waals surface area contributed by atoms with Crippen LogP contribution >= 0.6 is 0 Å². The van der Waals surface area contributed by atoms with Crippen molar-refractivity contribution in [3.8, 4) is 0 Å². The monoisotopic (exact) mass is 328 g/mol. The van der Waals surface area contributed by atoms with E-state index in [4.69, 9.17) is 4.74 Å². The Morgan fingerprint density at radius 2 is 1.92 bits per heavy atom. The zero-order valence-electron chi connectivity index (χ0n) is 16.1. The molecule has 0 aromatic heterocycles. The highest BCUT2D eigenvalue weighted by molar-refractivity contribution is 5.83. The van der Waals surface area contributed by atoms with Crippen molar-refractivity contribution < 1.29 is 9.53 Å². The van der Waals surface area contributed by atoms with Gasteiger partial charge in [-0.15, -0.1) is 0 Å². The largest absolute Gasteiger partial charge is 0.463 e. The van der Waals surface area contributed by atoms with Crippen LogP contribution in [0, 0.1) is 5.41 Å². The van der Waals surface area contributed by atoms with Gasteiger partial charge in [0.05, 0.1) is 6.61 Å². The van der Waals surface area contributed by atoms with E-state index in [1.54, 1.807) is 6.92 Å². The molecule has 0 bridgehead atoms. The zero-order chi connectivity index (χ0) is 18.2. The van der Waals surface area contributed by atoms with Gasteiger partial charge in [0.25, 0.3) is 0 Å². The zero-order valence-corrected chi connectivity index (χ0v) is 16.1. The first kappa shape index (κ1) is 20.2. The Morgan fingerprint density at radius 3 is 2.54 bits per heavy atom. The lowest BCUT2D eigenvalue weighted by Crippen LogP contribution is -2.19. The van der Waals surface area contributed by atoms with Crippen LogP contribution in [0.1, 0.15) is 60.8 Å². The Balaban J connectivity index is 2.73. The highest BCUT2D eigenvalue weighted by atomic mass is 16.5. The molecule has 2 nitrogen and oxygen atoms in total. The van der Waals surface area contributed by atoms with Crippen LogP contribution in [0.15, 0.2) is 58.7 Å². The minimum Gasteiger partial charge on any atom is -0.463 e. The Labute approximate surface area is 147 Å². The van der Waals surface area contributed by atoms with Crippen molar-refractivity contribution in [2.75, 3.05) is 6.61 Å². The SMILES string of the molecule is CCOC(=O)\C=C(C)/C=C\C=C(C)\C=C\C1=C(C)CCCC1(C)C. The van der Waals surface area contributed by atoms with Gasteiger partial charge >= 0.3 is 5.97 Å². The first-order valence-corrected chi connectivity index (χ1v) is 8.84. The maximum atomic E-state index is 11.4. The third kappa shape index (κ3) is 6.74. The molecule has 0 aliphatic heterocycles. The fraction of sp³-hybridized carbons (Fsp3) is 0.500. The first-order valence-electron chi connectivity index (χ1n) is 8.84. The summed E-state index contributed by atoms with van der Waals surface area (Å²) in [4.78, 5) is 11.4. The molecule has 132 valence electrons. The molecule has 0 amide bonds. The summed E-state index contributed by atoms with van der Waals surface area (Å²) >= 11 is 0. The second-order valence-electron chi connectivity index (χ2n) is 7.17. The topological polar surface area (TPSA) is 26.3 Å². The summed E-state index contributed by atoms with van der Waals surface area (Å²) in [6, 6.07) is 0. The molecule has 0 saturated heterocycles. The Kier molecular flexibility index (Phi) is 7.97. The van der Waals surface area contributed by atoms with Crippen molar-refractivity contribution in [3.63, 3.8) is 0 Å². The second kappa shape index (κ2) is 9.46. The fourth-order valence-electron chi connectivity index (χ4n) is 3.05. The first-order chi connectivity index (χ1) is 11.3. The number of carbonyl (C=O) groups is 1. The van der Waals surface area contributed by atoms with E-state index in [9.17, 15) is 4.79 Å². The molecule has 0 aromatic carbocycles. The van der Waals surface area contributed by atoms with Gasteiger partial charge in [-0.2, -0.15) is 0 Å². The van der Waals surface area contributed by atoms with Gasteiger partial charge in [-0.1, -0.05) is 55.4 Å². The molecule has 0 radical (unpaired) electrons. The molecule has 0 aromatic rings. The minimum absolute atomic E-state index is 0.272. The Morgan fingerprint density at radius 1 is 1.21 bits per heavy atom. The van der Waals surface area contributed by atoms with Gasteiger partial charge in [0.2, 0.25) is 0 Å². The maximum Gasteiger partial charge on any atom is 0.330 e. The van der Waals surface area contributed by atoms with Gasteiger partial charge in [-0.25, -0.2) is 4.79 Å². The molecule has 1 rings (SSSR count). The van der Waals surface area contributed by atoms with E-state index in [2.05, 4.69) is 45.9 Å². The summed E-state index contributed by atoms with van der Waals surface area (Å²) in [7, 11) is 0. The second-order valence-corrected chi connectivity index (χ2v) is 7.17. The Hall–Kier alpha value is -1.83. The number of hydrogen-bond donors (Lipinski definition) is 0. The third-order valence-corrected chi connectivity index (χ3v) is 4.41. The van der Waals surface area contributed by atoms with Gasteiger partial charge in [0.1, 0.15) is 0 Å². The number of allylic oxidation sites excluding steroid dienone is 9. The predicted octanol–water partition coefficient (Wildman–Crippen LogP) is 6.08. The Bertz CT molecular complexity index is 595. The normalized spacial score (nSPS) is 19.4. The quantitative estimate of drug-likeness (QED) is 0.335. The van der Waals surface area contributed by atoms with Crippen LogP contribution < -0.4 is 0 Å². The van der Waals surface area contributed by atoms with Crippen molar-refractivity contribution in [1.29, 1.82) is 0 Å². The molecule has 0 heterocycles. The summed E-state index contributed by atoms with van der Waals surface area (Å²) in [5.41, 5.74) is 5.33. The number of hydrogen-bond acceptors (Lipinski definition) is 2. The number of ether oxygens (including phenoxy) is 1. The molecule has 1 aliphatic carbocycles. The summed E-state index contributed by atoms with van der Waals surface area (Å²) in [6.45, 7) is 13.1. The van der Waals surface area contributed by atoms with Crippen LogP contribution in [-0.2, 0) is 9.53 Å². The van der Waals surface area contributed by atoms with Crippen LogP contribution in [0.2, 0.25) is 0 Å². The summed E-state index contributed by atoms with van der Waals surface area (Å²) in [5.74, 6) is -0.290. The third-order valence-electron chi connectivity index (χ3n) is 4.41. The molecule has 0 saturated carbocycles. The lowest BCUT2D eigenvalue weighted by molar-refractivity contribution is -0.137. The molecular formula is C22H32O2. The van der Waals surface area contributed by atoms with E-state index < -0.39 is 0 Å². The van der Waals surface area contributed by atoms with Gasteiger partial charge in [0.15, 0.2) is 0 Å². The molecule has 2 heteroatoms.